The lowest BCUT2D eigenvalue weighted by molar-refractivity contribution is 0.277. The molecule has 4 rings (SSSR count). The molecular weight excluding hydrogens is 376 g/mol. The van der Waals surface area contributed by atoms with Crippen LogP contribution >= 0.6 is 11.3 Å². The van der Waals surface area contributed by atoms with Gasteiger partial charge >= 0.3 is 0 Å². The van der Waals surface area contributed by atoms with Crippen LogP contribution in [-0.4, -0.2) is 33.7 Å². The van der Waals surface area contributed by atoms with Crippen LogP contribution in [0.3, 0.4) is 0 Å². The number of hydrogen-bond donors (Lipinski definition) is 4. The first kappa shape index (κ1) is 17.1. The van der Waals surface area contributed by atoms with Gasteiger partial charge in [-0.1, -0.05) is 0 Å². The molecule has 0 atom stereocenters. The first-order valence-electron chi connectivity index (χ1n) is 7.86. The van der Waals surface area contributed by atoms with Crippen LogP contribution < -0.4 is 10.5 Å². The Balaban J connectivity index is 0. The molecule has 0 unspecified atom stereocenters. The van der Waals surface area contributed by atoms with Crippen LogP contribution in [0.1, 0.15) is 37.3 Å². The lowest BCUT2D eigenvalue weighted by atomic mass is 10.3. The van der Waals surface area contributed by atoms with Gasteiger partial charge in [0.15, 0.2) is 11.6 Å². The van der Waals surface area contributed by atoms with Gasteiger partial charge < -0.3 is 10.4 Å². The van der Waals surface area contributed by atoms with Gasteiger partial charge in [-0.15, -0.1) is 11.3 Å². The van der Waals surface area contributed by atoms with E-state index in [1.807, 2.05) is 6.07 Å². The van der Waals surface area contributed by atoms with Crippen LogP contribution in [0, 0.1) is 0 Å². The maximum atomic E-state index is 11.5. The third-order valence-corrected chi connectivity index (χ3v) is 6.41. The molecule has 0 saturated heterocycles. The predicted octanol–water partition coefficient (Wildman–Crippen LogP) is 2.92. The largest absolute Gasteiger partial charge is 0.390 e. The molecule has 5 N–H and O–H groups in total. The fraction of sp³-hybridized carbons (Fsp3) is 0.267. The number of hydrogen-bond acceptors (Lipinski definition) is 8. The van der Waals surface area contributed by atoms with E-state index < -0.39 is 10.0 Å². The topological polar surface area (TPSA) is 147 Å². The van der Waals surface area contributed by atoms with E-state index >= 15 is 0 Å². The number of thiophene rings is 1. The van der Waals surface area contributed by atoms with Crippen molar-refractivity contribution in [3.8, 4) is 10.7 Å². The third kappa shape index (κ3) is 3.60. The predicted molar refractivity (Wildman–Crippen MR) is 107 cm³/mol. The Hall–Kier alpha value is -2.34. The molecule has 0 spiro atoms. The minimum absolute atomic E-state index is 0. The van der Waals surface area contributed by atoms with Crippen LogP contribution in [0.4, 0.5) is 11.6 Å². The van der Waals surface area contributed by atoms with Crippen molar-refractivity contribution < 1.29 is 20.7 Å². The number of nitrogens with one attached hydrogen (secondary N) is 2. The standard InChI is InChI=1S/C15H16N6O3S2.5H2/c16-26(23,24)14-4-3-11(25-14)15-17-9(7-22)5-12(19-15)18-13-6-10(20-21-13)8-1-2-8;;;;;/h3-6,8,22H,1-2,7H2,(H2,16,23,24)(H2,17,18,19,20,21);5*1H. The number of aromatic amines is 1. The summed E-state index contributed by atoms with van der Waals surface area (Å²) in [5.41, 5.74) is 1.49. The van der Waals surface area contributed by atoms with E-state index in [0.29, 0.717) is 33.9 Å². The minimum Gasteiger partial charge on any atom is -0.390 e. The summed E-state index contributed by atoms with van der Waals surface area (Å²) in [6.07, 6.45) is 2.33. The van der Waals surface area contributed by atoms with Crippen molar-refractivity contribution in [3.05, 3.63) is 35.7 Å². The van der Waals surface area contributed by atoms with Crippen molar-refractivity contribution in [2.45, 2.75) is 29.6 Å². The highest BCUT2D eigenvalue weighted by molar-refractivity contribution is 7.91. The SMILES string of the molecule is NS(=O)(=O)c1ccc(-c2nc(CO)cc(Nc3cc(C4CC4)[nH]n3)n2)s1.[HH].[HH].[HH].[HH].[HH]. The fourth-order valence-corrected chi connectivity index (χ4v) is 4.14. The van der Waals surface area contributed by atoms with Crippen molar-refractivity contribution in [1.82, 2.24) is 20.2 Å². The molecular formula is C15H26N6O3S2. The average molecular weight is 403 g/mol. The molecule has 1 aliphatic carbocycles. The Labute approximate surface area is 160 Å². The molecule has 146 valence electrons. The molecule has 0 aliphatic heterocycles. The quantitative estimate of drug-likeness (QED) is 0.495. The second-order valence-electron chi connectivity index (χ2n) is 6.00. The molecule has 3 aromatic rings. The monoisotopic (exact) mass is 402 g/mol. The zero-order valence-electron chi connectivity index (χ0n) is 13.5. The fourth-order valence-electron chi connectivity index (χ4n) is 2.48. The molecule has 1 saturated carbocycles. The summed E-state index contributed by atoms with van der Waals surface area (Å²) in [6, 6.07) is 6.54. The Morgan fingerprint density at radius 1 is 1.31 bits per heavy atom. The van der Waals surface area contributed by atoms with E-state index in [9.17, 15) is 13.5 Å². The number of rotatable bonds is 6. The molecule has 11 heteroatoms. The number of aliphatic hydroxyl groups excluding tert-OH is 1. The van der Waals surface area contributed by atoms with Crippen LogP contribution in [0.2, 0.25) is 0 Å². The summed E-state index contributed by atoms with van der Waals surface area (Å²) in [7, 11) is -3.78. The Morgan fingerprint density at radius 2 is 2.12 bits per heavy atom. The normalized spacial score (nSPS) is 14.5. The van der Waals surface area contributed by atoms with E-state index in [0.717, 1.165) is 17.0 Å². The molecule has 0 bridgehead atoms. The lowest BCUT2D eigenvalue weighted by Crippen LogP contribution is -2.09. The van der Waals surface area contributed by atoms with Gasteiger partial charge in [0.1, 0.15) is 10.0 Å². The number of primary sulfonamides is 1. The number of nitrogens with zero attached hydrogens (tertiary/aromatic N) is 3. The van der Waals surface area contributed by atoms with E-state index in [-0.39, 0.29) is 17.9 Å². The number of nitrogens with two attached hydrogens (primary N) is 1. The van der Waals surface area contributed by atoms with Crippen molar-refractivity contribution in [2.75, 3.05) is 5.32 Å². The number of sulfonamides is 1. The molecule has 9 nitrogen and oxygen atoms in total. The van der Waals surface area contributed by atoms with Gasteiger partial charge in [-0.05, 0) is 25.0 Å². The molecule has 3 aromatic heterocycles. The second-order valence-corrected chi connectivity index (χ2v) is 8.87. The molecule has 0 radical (unpaired) electrons. The maximum Gasteiger partial charge on any atom is 0.247 e. The zero-order valence-corrected chi connectivity index (χ0v) is 15.1. The number of H-pyrrole nitrogens is 1. The van der Waals surface area contributed by atoms with Crippen LogP contribution in [0.25, 0.3) is 10.7 Å². The lowest BCUT2D eigenvalue weighted by Gasteiger charge is -2.06. The van der Waals surface area contributed by atoms with Crippen LogP contribution in [0.15, 0.2) is 28.5 Å². The molecule has 3 heterocycles. The summed E-state index contributed by atoms with van der Waals surface area (Å²) in [5, 5.41) is 24.9. The molecule has 1 fully saturated rings. The highest BCUT2D eigenvalue weighted by Gasteiger charge is 2.25. The first-order valence-corrected chi connectivity index (χ1v) is 10.2. The molecule has 1 aliphatic rings. The number of anilines is 2. The van der Waals surface area contributed by atoms with Gasteiger partial charge in [0.05, 0.1) is 17.2 Å². The highest BCUT2D eigenvalue weighted by atomic mass is 32.2. The van der Waals surface area contributed by atoms with E-state index in [2.05, 4.69) is 25.5 Å². The number of aromatic nitrogens is 4. The Bertz CT molecular complexity index is 1070. The van der Waals surface area contributed by atoms with Crippen LogP contribution in [-0.2, 0) is 16.6 Å². The zero-order chi connectivity index (χ0) is 18.3. The summed E-state index contributed by atoms with van der Waals surface area (Å²) in [6.45, 7) is -0.272. The van der Waals surface area contributed by atoms with Gasteiger partial charge in [-0.3, -0.25) is 5.10 Å². The van der Waals surface area contributed by atoms with Gasteiger partial charge in [0.25, 0.3) is 0 Å². The summed E-state index contributed by atoms with van der Waals surface area (Å²) in [5.74, 6) is 1.93. The van der Waals surface area contributed by atoms with Crippen molar-refractivity contribution in [3.63, 3.8) is 0 Å². The molecule has 26 heavy (non-hydrogen) atoms. The minimum atomic E-state index is -3.78. The van der Waals surface area contributed by atoms with Gasteiger partial charge in [-0.2, -0.15) is 5.10 Å². The molecule has 0 aromatic carbocycles. The highest BCUT2D eigenvalue weighted by Crippen LogP contribution is 2.39. The summed E-state index contributed by atoms with van der Waals surface area (Å²) < 4.78 is 22.9. The van der Waals surface area contributed by atoms with E-state index in [4.69, 9.17) is 5.14 Å². The van der Waals surface area contributed by atoms with Crippen molar-refractivity contribution in [2.24, 2.45) is 5.14 Å². The van der Waals surface area contributed by atoms with Crippen LogP contribution in [0.5, 0.6) is 0 Å². The second kappa shape index (κ2) is 6.43. The first-order chi connectivity index (χ1) is 12.4. The molecule has 0 amide bonds. The third-order valence-electron chi connectivity index (χ3n) is 3.89. The Kier molecular flexibility index (Phi) is 4.23. The summed E-state index contributed by atoms with van der Waals surface area (Å²) in [4.78, 5) is 9.18. The van der Waals surface area contributed by atoms with Crippen molar-refractivity contribution in [1.29, 1.82) is 0 Å². The maximum absolute atomic E-state index is 11.5. The smallest absolute Gasteiger partial charge is 0.247 e. The van der Waals surface area contributed by atoms with Crippen molar-refractivity contribution >= 4 is 33.0 Å². The van der Waals surface area contributed by atoms with E-state index in [1.54, 1.807) is 12.1 Å². The van der Waals surface area contributed by atoms with Gasteiger partial charge in [-0.25, -0.2) is 23.5 Å². The average Bonchev–Trinajstić information content (AvgIpc) is 3.13. The van der Waals surface area contributed by atoms with E-state index in [1.165, 1.54) is 18.9 Å². The summed E-state index contributed by atoms with van der Waals surface area (Å²) >= 11 is 0.974. The number of aliphatic hydroxyl groups is 1. The van der Waals surface area contributed by atoms with Gasteiger partial charge in [0.2, 0.25) is 10.0 Å². The van der Waals surface area contributed by atoms with Gasteiger partial charge in [0, 0.05) is 30.9 Å². The Morgan fingerprint density at radius 3 is 2.77 bits per heavy atom.